The van der Waals surface area contributed by atoms with Crippen molar-refractivity contribution in [2.75, 3.05) is 55.5 Å². The van der Waals surface area contributed by atoms with Crippen molar-refractivity contribution in [3.05, 3.63) is 76.2 Å². The largest absolute Gasteiger partial charge is 0.497 e. The molecule has 3 N–H and O–H groups in total. The molecule has 1 saturated carbocycles. The van der Waals surface area contributed by atoms with Crippen LogP contribution in [0.1, 0.15) is 46.4 Å². The van der Waals surface area contributed by atoms with Crippen LogP contribution in [0, 0.1) is 0 Å². The molecular formula is C33H38ClN7O4. The van der Waals surface area contributed by atoms with Crippen molar-refractivity contribution in [3.63, 3.8) is 0 Å². The Hall–Kier alpha value is -4.06. The van der Waals surface area contributed by atoms with Gasteiger partial charge in [-0.1, -0.05) is 23.7 Å². The van der Waals surface area contributed by atoms with Crippen LogP contribution in [0.15, 0.2) is 48.7 Å². The zero-order valence-electron chi connectivity index (χ0n) is 25.4. The summed E-state index contributed by atoms with van der Waals surface area (Å²) in [5.41, 5.74) is 13.0. The van der Waals surface area contributed by atoms with E-state index < -0.39 is 0 Å². The lowest BCUT2D eigenvalue weighted by molar-refractivity contribution is -0.0339. The van der Waals surface area contributed by atoms with Crippen molar-refractivity contribution < 1.29 is 19.0 Å². The number of ether oxygens (including phenoxy) is 3. The van der Waals surface area contributed by atoms with Crippen LogP contribution >= 0.6 is 11.6 Å². The maximum Gasteiger partial charge on any atom is 0.271 e. The van der Waals surface area contributed by atoms with Crippen LogP contribution in [0.2, 0.25) is 5.15 Å². The molecule has 1 amide bonds. The summed E-state index contributed by atoms with van der Waals surface area (Å²) in [6, 6.07) is 14.0. The molecular weight excluding hydrogens is 594 g/mol. The van der Waals surface area contributed by atoms with Crippen LogP contribution in [0.5, 0.6) is 5.75 Å². The number of rotatable bonds is 9. The Balaban J connectivity index is 1.04. The van der Waals surface area contributed by atoms with Crippen LogP contribution in [0.25, 0.3) is 5.65 Å². The number of morpholine rings is 1. The number of amides is 1. The first-order valence-electron chi connectivity index (χ1n) is 15.6. The minimum atomic E-state index is -0.250. The molecule has 3 aliphatic rings. The number of carbonyl (C=O) groups is 1. The van der Waals surface area contributed by atoms with Crippen LogP contribution in [-0.4, -0.2) is 72.6 Å². The summed E-state index contributed by atoms with van der Waals surface area (Å²) in [6.45, 7) is 5.06. The lowest BCUT2D eigenvalue weighted by Crippen LogP contribution is -2.51. The van der Waals surface area contributed by atoms with Crippen molar-refractivity contribution in [1.29, 1.82) is 0 Å². The number of nitrogen functional groups attached to an aromatic ring is 1. The number of halogens is 1. The molecule has 11 nitrogen and oxygen atoms in total. The summed E-state index contributed by atoms with van der Waals surface area (Å²) in [5.74, 6) is 0.568. The second kappa shape index (κ2) is 12.7. The third kappa shape index (κ3) is 6.12. The Bertz CT molecular complexity index is 1690. The van der Waals surface area contributed by atoms with E-state index in [0.29, 0.717) is 48.5 Å². The zero-order chi connectivity index (χ0) is 30.9. The number of benzene rings is 2. The second-order valence-electron chi connectivity index (χ2n) is 11.9. The molecule has 4 aromatic rings. The van der Waals surface area contributed by atoms with Crippen LogP contribution < -0.4 is 25.6 Å². The quantitative estimate of drug-likeness (QED) is 0.261. The number of hydrogen-bond donors (Lipinski definition) is 2. The topological polar surface area (TPSA) is 119 Å². The molecule has 2 fully saturated rings. The van der Waals surface area contributed by atoms with E-state index in [-0.39, 0.29) is 18.1 Å². The van der Waals surface area contributed by atoms with E-state index in [0.717, 1.165) is 79.1 Å². The van der Waals surface area contributed by atoms with Crippen molar-refractivity contribution in [1.82, 2.24) is 19.9 Å². The van der Waals surface area contributed by atoms with Crippen LogP contribution in [0.3, 0.4) is 0 Å². The van der Waals surface area contributed by atoms with E-state index in [1.165, 1.54) is 0 Å². The lowest BCUT2D eigenvalue weighted by Gasteiger charge is -2.37. The molecule has 2 aliphatic heterocycles. The summed E-state index contributed by atoms with van der Waals surface area (Å²) in [5, 5.41) is 8.14. The molecule has 12 heteroatoms. The molecule has 1 aliphatic carbocycles. The van der Waals surface area contributed by atoms with E-state index >= 15 is 0 Å². The van der Waals surface area contributed by atoms with E-state index in [9.17, 15) is 4.79 Å². The molecule has 0 bridgehead atoms. The highest BCUT2D eigenvalue weighted by Gasteiger charge is 2.34. The smallest absolute Gasteiger partial charge is 0.271 e. The van der Waals surface area contributed by atoms with Gasteiger partial charge in [-0.2, -0.15) is 5.10 Å². The number of imidazole rings is 1. The monoisotopic (exact) mass is 631 g/mol. The van der Waals surface area contributed by atoms with Gasteiger partial charge < -0.3 is 35.1 Å². The fourth-order valence-electron chi connectivity index (χ4n) is 6.43. The lowest BCUT2D eigenvalue weighted by atomic mass is 9.88. The Morgan fingerprint density at radius 1 is 1.11 bits per heavy atom. The average molecular weight is 632 g/mol. The molecule has 236 valence electrons. The van der Waals surface area contributed by atoms with Crippen LogP contribution in [0.4, 0.5) is 17.1 Å². The Kier molecular flexibility index (Phi) is 8.39. The normalized spacial score (nSPS) is 19.7. The van der Waals surface area contributed by atoms with Crippen molar-refractivity contribution in [2.24, 2.45) is 0 Å². The van der Waals surface area contributed by atoms with Gasteiger partial charge in [-0.25, -0.2) is 9.50 Å². The summed E-state index contributed by atoms with van der Waals surface area (Å²) in [4.78, 5) is 22.8. The summed E-state index contributed by atoms with van der Waals surface area (Å²) in [6.07, 6.45) is 4.97. The molecule has 0 spiro atoms. The third-order valence-electron chi connectivity index (χ3n) is 8.98. The Labute approximate surface area is 267 Å². The second-order valence-corrected chi connectivity index (χ2v) is 12.3. The molecule has 45 heavy (non-hydrogen) atoms. The van der Waals surface area contributed by atoms with Gasteiger partial charge in [0, 0.05) is 43.1 Å². The first-order valence-corrected chi connectivity index (χ1v) is 15.9. The van der Waals surface area contributed by atoms with Crippen LogP contribution in [-0.2, 0) is 29.0 Å². The molecule has 2 atom stereocenters. The van der Waals surface area contributed by atoms with Gasteiger partial charge >= 0.3 is 0 Å². The number of anilines is 3. The first-order chi connectivity index (χ1) is 22.0. The fraction of sp³-hybridized carbons (Fsp3) is 0.424. The predicted molar refractivity (Wildman–Crippen MR) is 173 cm³/mol. The number of methoxy groups -OCH3 is 1. The van der Waals surface area contributed by atoms with Gasteiger partial charge in [-0.3, -0.25) is 4.79 Å². The van der Waals surface area contributed by atoms with Gasteiger partial charge in [0.15, 0.2) is 16.5 Å². The number of nitrogens with two attached hydrogens (primary N) is 1. The molecule has 1 saturated heterocycles. The van der Waals surface area contributed by atoms with E-state index in [1.54, 1.807) is 17.8 Å². The maximum absolute atomic E-state index is 13.6. The van der Waals surface area contributed by atoms with E-state index in [1.807, 2.05) is 24.3 Å². The number of aromatic nitrogens is 3. The van der Waals surface area contributed by atoms with E-state index in [2.05, 4.69) is 43.4 Å². The number of hydrogen-bond acceptors (Lipinski definition) is 9. The van der Waals surface area contributed by atoms with E-state index in [4.69, 9.17) is 31.5 Å². The van der Waals surface area contributed by atoms with Gasteiger partial charge in [0.25, 0.3) is 5.91 Å². The average Bonchev–Trinajstić information content (AvgIpc) is 3.47. The van der Waals surface area contributed by atoms with Gasteiger partial charge in [0.05, 0.1) is 51.0 Å². The van der Waals surface area contributed by atoms with Gasteiger partial charge in [0.1, 0.15) is 5.75 Å². The van der Waals surface area contributed by atoms with Crippen molar-refractivity contribution >= 4 is 40.2 Å². The van der Waals surface area contributed by atoms with Gasteiger partial charge in [-0.05, 0) is 67.1 Å². The predicted octanol–water partition coefficient (Wildman–Crippen LogP) is 4.24. The molecule has 4 heterocycles. The number of nitrogens with zero attached hydrogens (tertiary/aromatic N) is 5. The highest BCUT2D eigenvalue weighted by Crippen LogP contribution is 2.36. The summed E-state index contributed by atoms with van der Waals surface area (Å²) in [7, 11) is 1.66. The third-order valence-corrected chi connectivity index (χ3v) is 9.28. The zero-order valence-corrected chi connectivity index (χ0v) is 26.1. The van der Waals surface area contributed by atoms with Crippen molar-refractivity contribution in [3.8, 4) is 5.75 Å². The molecule has 0 radical (unpaired) electrons. The number of carbonyl (C=O) groups excluding carboxylic acids is 1. The summed E-state index contributed by atoms with van der Waals surface area (Å²) < 4.78 is 18.7. The summed E-state index contributed by atoms with van der Waals surface area (Å²) >= 11 is 6.73. The highest BCUT2D eigenvalue weighted by atomic mass is 35.5. The fourth-order valence-corrected chi connectivity index (χ4v) is 6.69. The number of nitrogens with one attached hydrogen (secondary N) is 1. The molecule has 2 aromatic carbocycles. The first kappa shape index (κ1) is 29.6. The molecule has 2 aromatic heterocycles. The Morgan fingerprint density at radius 3 is 2.69 bits per heavy atom. The number of fused-ring (bicyclic) bond motifs is 3. The minimum absolute atomic E-state index is 0.0919. The molecule has 0 unspecified atom stereocenters. The SMILES string of the molecule is COc1ccc(CN2CCCc3c(Cl)nn4c(C(=O)N[C@@H]5CC[C@H]5OCc5cc(N)cc(N6CCOCC6)c5)cnc4c32)cc1. The Morgan fingerprint density at radius 2 is 1.93 bits per heavy atom. The highest BCUT2D eigenvalue weighted by molar-refractivity contribution is 6.30. The standard InChI is InChI=1S/C33H38ClN7O4/c1-43-25-6-4-21(5-7-25)19-40-10-2-3-26-30(40)32-36-18-28(41(32)38-31(26)34)33(42)37-27-8-9-29(27)45-20-22-15-23(35)17-24(16-22)39-11-13-44-14-12-39/h4-7,15-18,27,29H,2-3,8-14,19-20,35H2,1H3,(H,37,42)/t27-,29-/m1/s1. The minimum Gasteiger partial charge on any atom is -0.497 e. The van der Waals surface area contributed by atoms with Gasteiger partial charge in [0.2, 0.25) is 0 Å². The maximum atomic E-state index is 13.6. The molecule has 7 rings (SSSR count). The van der Waals surface area contributed by atoms with Gasteiger partial charge in [-0.15, -0.1) is 0 Å². The van der Waals surface area contributed by atoms with Crippen molar-refractivity contribution in [2.45, 2.75) is 51.0 Å².